The van der Waals surface area contributed by atoms with Crippen LogP contribution in [0.3, 0.4) is 0 Å². The van der Waals surface area contributed by atoms with Gasteiger partial charge in [0, 0.05) is 6.04 Å². The Balaban J connectivity index is 1.80. The summed E-state index contributed by atoms with van der Waals surface area (Å²) in [5.74, 6) is -0.444. The fraction of sp³-hybridized carbons (Fsp3) is 0.143. The molecular weight excluding hydrogens is 304 g/mol. The van der Waals surface area contributed by atoms with Gasteiger partial charge in [0.2, 0.25) is 0 Å². The predicted octanol–water partition coefficient (Wildman–Crippen LogP) is 1.73. The number of H-pyrrole nitrogens is 1. The summed E-state index contributed by atoms with van der Waals surface area (Å²) in [4.78, 5) is 27.8. The average Bonchev–Trinajstić information content (AvgIpc) is 3.10. The maximum atomic E-state index is 12.1. The SMILES string of the molecule is O=C(N[C@@H]1C=C[Si](=O)C1)c1ccc(-c2cccs2)[nH]c1=O. The molecule has 0 spiro atoms. The Bertz CT molecular complexity index is 780. The number of carbonyl (C=O) groups excluding carboxylic acids is 1. The zero-order valence-electron chi connectivity index (χ0n) is 11.0. The smallest absolute Gasteiger partial charge is 0.306 e. The van der Waals surface area contributed by atoms with Gasteiger partial charge in [0.15, 0.2) is 0 Å². The highest BCUT2D eigenvalue weighted by Crippen LogP contribution is 2.21. The molecule has 1 atom stereocenters. The maximum absolute atomic E-state index is 12.1. The van der Waals surface area contributed by atoms with Crippen molar-refractivity contribution in [3.05, 3.63) is 57.3 Å². The van der Waals surface area contributed by atoms with E-state index in [0.29, 0.717) is 11.7 Å². The molecule has 2 aromatic heterocycles. The molecule has 3 heterocycles. The number of aromatic nitrogens is 1. The van der Waals surface area contributed by atoms with Gasteiger partial charge in [-0.3, -0.25) is 9.59 Å². The van der Waals surface area contributed by atoms with Crippen LogP contribution in [0.25, 0.3) is 10.6 Å². The first-order valence-electron chi connectivity index (χ1n) is 6.42. The quantitative estimate of drug-likeness (QED) is 0.847. The lowest BCUT2D eigenvalue weighted by atomic mass is 10.2. The van der Waals surface area contributed by atoms with Gasteiger partial charge in [0.1, 0.15) is 5.56 Å². The van der Waals surface area contributed by atoms with Crippen molar-refractivity contribution < 1.29 is 9.26 Å². The number of hydrogen-bond acceptors (Lipinski definition) is 4. The van der Waals surface area contributed by atoms with E-state index in [2.05, 4.69) is 10.3 Å². The molecule has 0 saturated heterocycles. The molecular formula is C14H12N2O3SSi. The third-order valence-corrected chi connectivity index (χ3v) is 5.50. The highest BCUT2D eigenvalue weighted by molar-refractivity contribution is 7.13. The summed E-state index contributed by atoms with van der Waals surface area (Å²) in [6, 6.07) is 7.21. The van der Waals surface area contributed by atoms with Crippen molar-refractivity contribution in [3.63, 3.8) is 0 Å². The molecule has 0 aromatic carbocycles. The second kappa shape index (κ2) is 5.70. The second-order valence-corrected chi connectivity index (χ2v) is 7.32. The number of carbonyl (C=O) groups is 1. The molecule has 1 aliphatic rings. The number of nitrogens with one attached hydrogen (secondary N) is 2. The zero-order valence-corrected chi connectivity index (χ0v) is 12.8. The molecule has 21 heavy (non-hydrogen) atoms. The Morgan fingerprint density at radius 1 is 1.38 bits per heavy atom. The lowest BCUT2D eigenvalue weighted by Crippen LogP contribution is -2.35. The molecule has 106 valence electrons. The Labute approximate surface area is 126 Å². The molecule has 0 aliphatic carbocycles. The van der Waals surface area contributed by atoms with Crippen molar-refractivity contribution in [2.75, 3.05) is 0 Å². The monoisotopic (exact) mass is 316 g/mol. The van der Waals surface area contributed by atoms with Crippen LogP contribution in [0.4, 0.5) is 0 Å². The number of amides is 1. The van der Waals surface area contributed by atoms with E-state index >= 15 is 0 Å². The maximum Gasteiger partial charge on any atom is 0.306 e. The van der Waals surface area contributed by atoms with Crippen LogP contribution in [0.1, 0.15) is 10.4 Å². The van der Waals surface area contributed by atoms with Gasteiger partial charge in [-0.25, -0.2) is 0 Å². The zero-order chi connectivity index (χ0) is 14.8. The largest absolute Gasteiger partial charge is 0.383 e. The van der Waals surface area contributed by atoms with Crippen LogP contribution in [-0.4, -0.2) is 25.6 Å². The highest BCUT2D eigenvalue weighted by Gasteiger charge is 2.21. The summed E-state index contributed by atoms with van der Waals surface area (Å²) in [7, 11) is -1.71. The Morgan fingerprint density at radius 2 is 2.24 bits per heavy atom. The predicted molar refractivity (Wildman–Crippen MR) is 82.0 cm³/mol. The third kappa shape index (κ3) is 2.98. The van der Waals surface area contributed by atoms with Crippen LogP contribution in [0.5, 0.6) is 0 Å². The summed E-state index contributed by atoms with van der Waals surface area (Å²) in [6.07, 6.45) is 1.72. The van der Waals surface area contributed by atoms with Crippen LogP contribution >= 0.6 is 11.3 Å². The summed E-state index contributed by atoms with van der Waals surface area (Å²) in [5, 5.41) is 4.62. The fourth-order valence-corrected chi connectivity index (χ4v) is 4.11. The van der Waals surface area contributed by atoms with E-state index in [4.69, 9.17) is 0 Å². The highest BCUT2D eigenvalue weighted by atomic mass is 32.1. The fourth-order valence-electron chi connectivity index (χ4n) is 2.15. The number of pyridine rings is 1. The van der Waals surface area contributed by atoms with Crippen molar-refractivity contribution in [3.8, 4) is 10.6 Å². The molecule has 5 nitrogen and oxygen atoms in total. The van der Waals surface area contributed by atoms with Crippen molar-refractivity contribution in [2.24, 2.45) is 0 Å². The molecule has 0 unspecified atom stereocenters. The first-order chi connectivity index (χ1) is 10.1. The van der Waals surface area contributed by atoms with Crippen LogP contribution in [0.2, 0.25) is 6.04 Å². The van der Waals surface area contributed by atoms with Gasteiger partial charge in [-0.1, -0.05) is 12.1 Å². The van der Waals surface area contributed by atoms with E-state index < -0.39 is 20.1 Å². The van der Waals surface area contributed by atoms with E-state index in [1.807, 2.05) is 17.5 Å². The first kappa shape index (κ1) is 13.8. The average molecular weight is 316 g/mol. The van der Waals surface area contributed by atoms with Crippen LogP contribution in [-0.2, 0) is 4.46 Å². The van der Waals surface area contributed by atoms with Gasteiger partial charge in [-0.15, -0.1) is 11.3 Å². The number of aromatic amines is 1. The molecule has 0 fully saturated rings. The number of thiophene rings is 1. The summed E-state index contributed by atoms with van der Waals surface area (Å²) in [5.41, 5.74) is 1.96. The standard InChI is InChI=1S/C14H12N2O3SSi/c17-13(15-9-5-7-21(19)8-9)10-3-4-11(16-14(10)18)12-2-1-6-20-12/h1-7,9H,8H2,(H,15,17)(H,16,18)/t9-/m1/s1. The van der Waals surface area contributed by atoms with E-state index in [-0.39, 0.29) is 11.6 Å². The van der Waals surface area contributed by atoms with Crippen molar-refractivity contribution >= 4 is 25.9 Å². The lowest BCUT2D eigenvalue weighted by Gasteiger charge is -2.09. The molecule has 3 rings (SSSR count). The first-order valence-corrected chi connectivity index (χ1v) is 9.00. The normalized spacial score (nSPS) is 17.1. The molecule has 7 heteroatoms. The van der Waals surface area contributed by atoms with E-state index in [9.17, 15) is 14.1 Å². The van der Waals surface area contributed by atoms with Gasteiger partial charge < -0.3 is 14.8 Å². The molecule has 0 bridgehead atoms. The molecule has 1 amide bonds. The molecule has 1 aliphatic heterocycles. The molecule has 0 saturated carbocycles. The Hall–Kier alpha value is -2.12. The third-order valence-electron chi connectivity index (χ3n) is 3.19. The minimum absolute atomic E-state index is 0.0651. The summed E-state index contributed by atoms with van der Waals surface area (Å²) >= 11 is 1.51. The van der Waals surface area contributed by atoms with Crippen LogP contribution < -0.4 is 10.9 Å². The Morgan fingerprint density at radius 3 is 2.86 bits per heavy atom. The van der Waals surface area contributed by atoms with Crippen molar-refractivity contribution in [2.45, 2.75) is 12.1 Å². The topological polar surface area (TPSA) is 79.0 Å². The number of hydrogen-bond donors (Lipinski definition) is 2. The summed E-state index contributed by atoms with van der Waals surface area (Å²) < 4.78 is 11.3. The number of rotatable bonds is 3. The molecule has 2 N–H and O–H groups in total. The molecule has 2 aromatic rings. The minimum atomic E-state index is -1.71. The lowest BCUT2D eigenvalue weighted by molar-refractivity contribution is 0.0945. The van der Waals surface area contributed by atoms with Crippen LogP contribution in [0.15, 0.2) is 46.2 Å². The molecule has 0 radical (unpaired) electrons. The van der Waals surface area contributed by atoms with Crippen LogP contribution in [0, 0.1) is 0 Å². The van der Waals surface area contributed by atoms with Crippen molar-refractivity contribution in [1.82, 2.24) is 10.3 Å². The second-order valence-electron chi connectivity index (χ2n) is 4.70. The van der Waals surface area contributed by atoms with Gasteiger partial charge in [-0.2, -0.15) is 0 Å². The van der Waals surface area contributed by atoms with Crippen molar-refractivity contribution in [1.29, 1.82) is 0 Å². The van der Waals surface area contributed by atoms with E-state index in [1.165, 1.54) is 17.4 Å². The van der Waals surface area contributed by atoms with Gasteiger partial charge >= 0.3 is 8.68 Å². The van der Waals surface area contributed by atoms with E-state index in [0.717, 1.165) is 4.88 Å². The van der Waals surface area contributed by atoms with Gasteiger partial charge in [-0.05, 0) is 29.3 Å². The van der Waals surface area contributed by atoms with Gasteiger partial charge in [0.25, 0.3) is 11.5 Å². The summed E-state index contributed by atoms with van der Waals surface area (Å²) in [6.45, 7) is 0. The van der Waals surface area contributed by atoms with Gasteiger partial charge in [0.05, 0.1) is 16.6 Å². The van der Waals surface area contributed by atoms with E-state index in [1.54, 1.807) is 17.8 Å². The Kier molecular flexibility index (Phi) is 3.76. The minimum Gasteiger partial charge on any atom is -0.383 e.